The lowest BCUT2D eigenvalue weighted by Gasteiger charge is -2.14. The molecule has 3 amide bonds. The Morgan fingerprint density at radius 3 is 2.48 bits per heavy atom. The molecule has 2 aromatic carbocycles. The molecule has 0 spiro atoms. The molecule has 1 aliphatic rings. The first kappa shape index (κ1) is 17.2. The molecule has 1 N–H and O–H groups in total. The number of benzene rings is 2. The number of anilines is 2. The van der Waals surface area contributed by atoms with E-state index in [4.69, 9.17) is 0 Å². The van der Waals surface area contributed by atoms with Crippen molar-refractivity contribution in [1.29, 1.82) is 0 Å². The van der Waals surface area contributed by atoms with E-state index in [0.29, 0.717) is 11.4 Å². The largest absolute Gasteiger partial charge is 0.325 e. The molecule has 0 aromatic heterocycles. The van der Waals surface area contributed by atoms with Crippen molar-refractivity contribution in [3.05, 3.63) is 60.4 Å². The number of nitrogens with one attached hydrogen (secondary N) is 1. The van der Waals surface area contributed by atoms with Gasteiger partial charge in [-0.25, -0.2) is 9.29 Å². The Labute approximate surface area is 148 Å². The van der Waals surface area contributed by atoms with E-state index < -0.39 is 5.25 Å². The number of carbonyl (C=O) groups is 3. The molecule has 0 radical (unpaired) electrons. The predicted molar refractivity (Wildman–Crippen MR) is 94.8 cm³/mol. The molecule has 1 saturated heterocycles. The van der Waals surface area contributed by atoms with E-state index in [2.05, 4.69) is 5.32 Å². The van der Waals surface area contributed by atoms with E-state index in [9.17, 15) is 18.8 Å². The Morgan fingerprint density at radius 2 is 1.80 bits per heavy atom. The topological polar surface area (TPSA) is 66.5 Å². The summed E-state index contributed by atoms with van der Waals surface area (Å²) in [7, 11) is 0. The molecule has 1 heterocycles. The van der Waals surface area contributed by atoms with Gasteiger partial charge in [-0.15, -0.1) is 11.8 Å². The summed E-state index contributed by atoms with van der Waals surface area (Å²) in [4.78, 5) is 37.7. The highest BCUT2D eigenvalue weighted by Crippen LogP contribution is 2.29. The molecule has 0 saturated carbocycles. The first-order valence-electron chi connectivity index (χ1n) is 7.63. The fourth-order valence-corrected chi connectivity index (χ4v) is 3.42. The van der Waals surface area contributed by atoms with Crippen LogP contribution in [0, 0.1) is 5.82 Å². The standard InChI is InChI=1S/C18H15FN2O3S/c19-12-6-8-13(9-7-12)20-16(22)11-25-15-10-17(23)21(18(15)24)14-4-2-1-3-5-14/h1-9,15H,10-11H2,(H,20,22)/t15-/m0/s1. The second kappa shape index (κ2) is 7.48. The average molecular weight is 358 g/mol. The molecule has 0 aliphatic carbocycles. The van der Waals surface area contributed by atoms with Crippen LogP contribution in [-0.2, 0) is 14.4 Å². The van der Waals surface area contributed by atoms with Gasteiger partial charge in [0.2, 0.25) is 17.7 Å². The van der Waals surface area contributed by atoms with Crippen LogP contribution in [0.15, 0.2) is 54.6 Å². The Morgan fingerprint density at radius 1 is 1.12 bits per heavy atom. The Balaban J connectivity index is 1.57. The van der Waals surface area contributed by atoms with Crippen LogP contribution >= 0.6 is 11.8 Å². The zero-order valence-electron chi connectivity index (χ0n) is 13.1. The number of para-hydroxylation sites is 1. The van der Waals surface area contributed by atoms with Gasteiger partial charge in [-0.2, -0.15) is 0 Å². The highest BCUT2D eigenvalue weighted by Gasteiger charge is 2.39. The molecule has 1 fully saturated rings. The summed E-state index contributed by atoms with van der Waals surface area (Å²) in [6, 6.07) is 14.1. The molecular weight excluding hydrogens is 343 g/mol. The summed E-state index contributed by atoms with van der Waals surface area (Å²) >= 11 is 1.13. The molecule has 7 heteroatoms. The molecule has 0 unspecified atom stereocenters. The number of nitrogens with zero attached hydrogens (tertiary/aromatic N) is 1. The lowest BCUT2D eigenvalue weighted by atomic mass is 10.3. The number of halogens is 1. The van der Waals surface area contributed by atoms with Crippen molar-refractivity contribution in [2.75, 3.05) is 16.0 Å². The van der Waals surface area contributed by atoms with Gasteiger partial charge >= 0.3 is 0 Å². The Bertz CT molecular complexity index is 796. The van der Waals surface area contributed by atoms with Crippen LogP contribution in [0.2, 0.25) is 0 Å². The monoisotopic (exact) mass is 358 g/mol. The smallest absolute Gasteiger partial charge is 0.247 e. The quantitative estimate of drug-likeness (QED) is 0.835. The summed E-state index contributed by atoms with van der Waals surface area (Å²) in [5, 5.41) is 2.05. The van der Waals surface area contributed by atoms with Crippen molar-refractivity contribution in [1.82, 2.24) is 0 Å². The molecule has 1 aliphatic heterocycles. The van der Waals surface area contributed by atoms with Gasteiger partial charge in [0.05, 0.1) is 16.7 Å². The first-order chi connectivity index (χ1) is 12.0. The number of carbonyl (C=O) groups excluding carboxylic acids is 3. The van der Waals surface area contributed by atoms with Crippen LogP contribution in [0.25, 0.3) is 0 Å². The lowest BCUT2D eigenvalue weighted by molar-refractivity contribution is -0.121. The van der Waals surface area contributed by atoms with Gasteiger partial charge in [0, 0.05) is 12.1 Å². The van der Waals surface area contributed by atoms with E-state index in [1.807, 2.05) is 0 Å². The Hall–Kier alpha value is -2.67. The summed E-state index contributed by atoms with van der Waals surface area (Å²) in [6.07, 6.45) is 0.0716. The number of hydrogen-bond acceptors (Lipinski definition) is 4. The highest BCUT2D eigenvalue weighted by molar-refractivity contribution is 8.01. The van der Waals surface area contributed by atoms with Gasteiger partial charge in [0.15, 0.2) is 0 Å². The number of thioether (sulfide) groups is 1. The van der Waals surface area contributed by atoms with Crippen molar-refractivity contribution in [3.63, 3.8) is 0 Å². The SMILES string of the molecule is O=C(CS[C@H]1CC(=O)N(c2ccccc2)C1=O)Nc1ccc(F)cc1. The fraction of sp³-hybridized carbons (Fsp3) is 0.167. The molecule has 2 aromatic rings. The molecular formula is C18H15FN2O3S. The third kappa shape index (κ3) is 4.06. The van der Waals surface area contributed by atoms with E-state index >= 15 is 0 Å². The summed E-state index contributed by atoms with van der Waals surface area (Å²) < 4.78 is 12.8. The third-order valence-electron chi connectivity index (χ3n) is 3.66. The number of rotatable bonds is 5. The molecule has 1 atom stereocenters. The minimum atomic E-state index is -0.577. The maximum absolute atomic E-state index is 12.8. The van der Waals surface area contributed by atoms with Crippen molar-refractivity contribution < 1.29 is 18.8 Å². The molecule has 5 nitrogen and oxygen atoms in total. The second-order valence-electron chi connectivity index (χ2n) is 5.46. The average Bonchev–Trinajstić information content (AvgIpc) is 2.89. The lowest BCUT2D eigenvalue weighted by Crippen LogP contribution is -2.31. The summed E-state index contributed by atoms with van der Waals surface area (Å²) in [6.45, 7) is 0. The fourth-order valence-electron chi connectivity index (χ4n) is 2.49. The Kier molecular flexibility index (Phi) is 5.14. The van der Waals surface area contributed by atoms with Crippen molar-refractivity contribution in [2.45, 2.75) is 11.7 Å². The molecule has 25 heavy (non-hydrogen) atoms. The van der Waals surface area contributed by atoms with Crippen LogP contribution in [0.5, 0.6) is 0 Å². The maximum atomic E-state index is 12.8. The van der Waals surface area contributed by atoms with Gasteiger partial charge in [-0.1, -0.05) is 18.2 Å². The first-order valence-corrected chi connectivity index (χ1v) is 8.68. The van der Waals surface area contributed by atoms with E-state index in [1.54, 1.807) is 30.3 Å². The van der Waals surface area contributed by atoms with Crippen molar-refractivity contribution >= 4 is 40.9 Å². The van der Waals surface area contributed by atoms with Gasteiger partial charge in [0.25, 0.3) is 0 Å². The van der Waals surface area contributed by atoms with Crippen LogP contribution in [-0.4, -0.2) is 28.7 Å². The second-order valence-corrected chi connectivity index (χ2v) is 6.65. The number of hydrogen-bond donors (Lipinski definition) is 1. The van der Waals surface area contributed by atoms with Crippen LogP contribution in [0.1, 0.15) is 6.42 Å². The minimum Gasteiger partial charge on any atom is -0.325 e. The minimum absolute atomic E-state index is 0.0314. The molecule has 128 valence electrons. The van der Waals surface area contributed by atoms with E-state index in [1.165, 1.54) is 24.3 Å². The van der Waals surface area contributed by atoms with Gasteiger partial charge in [0.1, 0.15) is 5.82 Å². The summed E-state index contributed by atoms with van der Waals surface area (Å²) in [5.41, 5.74) is 1.02. The number of imide groups is 1. The highest BCUT2D eigenvalue weighted by atomic mass is 32.2. The van der Waals surface area contributed by atoms with Crippen molar-refractivity contribution in [2.24, 2.45) is 0 Å². The van der Waals surface area contributed by atoms with Crippen LogP contribution in [0.4, 0.5) is 15.8 Å². The maximum Gasteiger partial charge on any atom is 0.247 e. The third-order valence-corrected chi connectivity index (χ3v) is 4.86. The zero-order chi connectivity index (χ0) is 17.8. The zero-order valence-corrected chi connectivity index (χ0v) is 14.0. The van der Waals surface area contributed by atoms with Crippen molar-refractivity contribution in [3.8, 4) is 0 Å². The predicted octanol–water partition coefficient (Wildman–Crippen LogP) is 2.83. The number of amides is 3. The molecule has 3 rings (SSSR count). The van der Waals surface area contributed by atoms with Gasteiger partial charge in [-0.3, -0.25) is 14.4 Å². The van der Waals surface area contributed by atoms with E-state index in [0.717, 1.165) is 16.7 Å². The molecule has 0 bridgehead atoms. The van der Waals surface area contributed by atoms with Crippen LogP contribution in [0.3, 0.4) is 0 Å². The van der Waals surface area contributed by atoms with Crippen LogP contribution < -0.4 is 10.2 Å². The summed E-state index contributed by atoms with van der Waals surface area (Å²) in [5.74, 6) is -1.24. The normalized spacial score (nSPS) is 17.0. The van der Waals surface area contributed by atoms with Gasteiger partial charge < -0.3 is 5.32 Å². The van der Waals surface area contributed by atoms with Gasteiger partial charge in [-0.05, 0) is 36.4 Å². The van der Waals surface area contributed by atoms with E-state index in [-0.39, 0.29) is 35.7 Å².